The predicted molar refractivity (Wildman–Crippen MR) is 127 cm³/mol. The van der Waals surface area contributed by atoms with Gasteiger partial charge in [0.1, 0.15) is 17.6 Å². The van der Waals surface area contributed by atoms with Gasteiger partial charge in [0.05, 0.1) is 18.1 Å². The smallest absolute Gasteiger partial charge is 0.316 e. The molecule has 0 N–H and O–H groups in total. The van der Waals surface area contributed by atoms with Crippen molar-refractivity contribution < 1.29 is 17.5 Å². The van der Waals surface area contributed by atoms with Gasteiger partial charge in [-0.05, 0) is 29.3 Å². The van der Waals surface area contributed by atoms with E-state index in [0.717, 1.165) is 4.68 Å². The lowest BCUT2D eigenvalue weighted by atomic mass is 10.1. The fourth-order valence-electron chi connectivity index (χ4n) is 4.59. The normalized spacial score (nSPS) is 17.1. The molecule has 0 spiro atoms. The summed E-state index contributed by atoms with van der Waals surface area (Å²) < 4.78 is 46.5. The predicted octanol–water partition coefficient (Wildman–Crippen LogP) is 2.00. The molecule has 1 fully saturated rings. The number of fused-ring (bicyclic) bond motifs is 1. The molecular formula is C24H25FN4O4S. The third-order valence-electron chi connectivity index (χ3n) is 6.31. The molecule has 2 aromatic carbocycles. The summed E-state index contributed by atoms with van der Waals surface area (Å²) in [5.41, 5.74) is 2.72. The number of sulfonamides is 1. The second kappa shape index (κ2) is 8.84. The van der Waals surface area contributed by atoms with Gasteiger partial charge < -0.3 is 9.64 Å². The van der Waals surface area contributed by atoms with Crippen molar-refractivity contribution in [1.82, 2.24) is 14.1 Å². The summed E-state index contributed by atoms with van der Waals surface area (Å²) in [6.45, 7) is 1.42. The molecule has 1 aliphatic heterocycles. The van der Waals surface area contributed by atoms with Crippen molar-refractivity contribution in [2.45, 2.75) is 18.9 Å². The van der Waals surface area contributed by atoms with E-state index in [1.807, 2.05) is 17.0 Å². The lowest BCUT2D eigenvalue weighted by Gasteiger charge is -2.35. The van der Waals surface area contributed by atoms with Crippen molar-refractivity contribution in [1.29, 1.82) is 0 Å². The molecule has 2 heterocycles. The van der Waals surface area contributed by atoms with Gasteiger partial charge in [-0.25, -0.2) is 12.8 Å². The van der Waals surface area contributed by atoms with Crippen molar-refractivity contribution >= 4 is 15.7 Å². The number of anilines is 1. The van der Waals surface area contributed by atoms with E-state index in [4.69, 9.17) is 4.74 Å². The quantitative estimate of drug-likeness (QED) is 0.551. The third kappa shape index (κ3) is 4.43. The first-order chi connectivity index (χ1) is 16.3. The number of hydrogen-bond donors (Lipinski definition) is 0. The van der Waals surface area contributed by atoms with Gasteiger partial charge in [-0.1, -0.05) is 30.3 Å². The van der Waals surface area contributed by atoms with Crippen LogP contribution in [-0.4, -0.2) is 61.0 Å². The van der Waals surface area contributed by atoms with Gasteiger partial charge in [0.25, 0.3) is 0 Å². The van der Waals surface area contributed by atoms with Crippen LogP contribution in [0.1, 0.15) is 11.1 Å². The van der Waals surface area contributed by atoms with Crippen LogP contribution in [0, 0.1) is 5.82 Å². The summed E-state index contributed by atoms with van der Waals surface area (Å²) in [6, 6.07) is 13.8. The number of piperazine rings is 1. The number of benzene rings is 2. The van der Waals surface area contributed by atoms with E-state index >= 15 is 0 Å². The molecule has 0 unspecified atom stereocenters. The van der Waals surface area contributed by atoms with E-state index < -0.39 is 21.4 Å². The van der Waals surface area contributed by atoms with E-state index in [0.29, 0.717) is 50.4 Å². The highest BCUT2D eigenvalue weighted by atomic mass is 32.2. The molecule has 0 amide bonds. The second-order valence-electron chi connectivity index (χ2n) is 8.62. The Morgan fingerprint density at radius 2 is 1.68 bits per heavy atom. The summed E-state index contributed by atoms with van der Waals surface area (Å²) in [5.74, 6) is -0.328. The first kappa shape index (κ1) is 22.5. The largest absolute Gasteiger partial charge is 0.482 e. The standard InChI is InChI=1S/C24H25FN4O4S/c1-34(31,32)28-11-9-27(10-12-28)22-16-26-29(20-8-4-7-19(25)15-20)24(30)23(22)33-21-13-17-5-2-3-6-18(17)14-21/h2-8,15-16,21H,9-14H2,1H3. The molecule has 1 saturated heterocycles. The van der Waals surface area contributed by atoms with Gasteiger partial charge in [0.15, 0.2) is 0 Å². The molecule has 0 saturated carbocycles. The van der Waals surface area contributed by atoms with Crippen LogP contribution >= 0.6 is 0 Å². The molecule has 0 radical (unpaired) electrons. The van der Waals surface area contributed by atoms with E-state index in [1.165, 1.54) is 39.9 Å². The Labute approximate surface area is 197 Å². The molecule has 3 aromatic rings. The van der Waals surface area contributed by atoms with Crippen LogP contribution in [0.15, 0.2) is 59.5 Å². The Hall–Kier alpha value is -3.24. The molecule has 2 aliphatic rings. The maximum Gasteiger partial charge on any atom is 0.316 e. The number of halogens is 1. The minimum Gasteiger partial charge on any atom is -0.482 e. The molecular weight excluding hydrogens is 459 g/mol. The Kier molecular flexibility index (Phi) is 5.86. The molecule has 34 heavy (non-hydrogen) atoms. The van der Waals surface area contributed by atoms with Crippen LogP contribution in [-0.2, 0) is 22.9 Å². The Morgan fingerprint density at radius 3 is 2.29 bits per heavy atom. The third-order valence-corrected chi connectivity index (χ3v) is 7.62. The highest BCUT2D eigenvalue weighted by molar-refractivity contribution is 7.88. The zero-order valence-electron chi connectivity index (χ0n) is 18.7. The molecule has 1 aliphatic carbocycles. The monoisotopic (exact) mass is 484 g/mol. The molecule has 1 aromatic heterocycles. The van der Waals surface area contributed by atoms with Gasteiger partial charge in [0, 0.05) is 39.0 Å². The number of ether oxygens (including phenoxy) is 1. The minimum absolute atomic E-state index is 0.143. The van der Waals surface area contributed by atoms with Gasteiger partial charge >= 0.3 is 5.56 Å². The minimum atomic E-state index is -3.29. The number of hydrogen-bond acceptors (Lipinski definition) is 6. The number of aromatic nitrogens is 2. The van der Waals surface area contributed by atoms with Crippen molar-refractivity contribution in [2.24, 2.45) is 0 Å². The van der Waals surface area contributed by atoms with E-state index in [9.17, 15) is 17.6 Å². The van der Waals surface area contributed by atoms with Crippen LogP contribution in [0.3, 0.4) is 0 Å². The van der Waals surface area contributed by atoms with Crippen molar-refractivity contribution in [2.75, 3.05) is 37.3 Å². The summed E-state index contributed by atoms with van der Waals surface area (Å²) >= 11 is 0. The molecule has 10 heteroatoms. The van der Waals surface area contributed by atoms with Gasteiger partial charge in [-0.2, -0.15) is 14.1 Å². The summed E-state index contributed by atoms with van der Waals surface area (Å²) in [4.78, 5) is 15.5. The number of nitrogens with zero attached hydrogens (tertiary/aromatic N) is 4. The van der Waals surface area contributed by atoms with Crippen LogP contribution < -0.4 is 15.2 Å². The SMILES string of the molecule is CS(=O)(=O)N1CCN(c2cnn(-c3cccc(F)c3)c(=O)c2OC2Cc3ccccc3C2)CC1. The van der Waals surface area contributed by atoms with Crippen molar-refractivity contribution in [3.63, 3.8) is 0 Å². The highest BCUT2D eigenvalue weighted by Gasteiger charge is 2.30. The van der Waals surface area contributed by atoms with Crippen molar-refractivity contribution in [3.05, 3.63) is 82.0 Å². The fourth-order valence-corrected chi connectivity index (χ4v) is 5.41. The first-order valence-corrected chi connectivity index (χ1v) is 13.0. The molecule has 8 nitrogen and oxygen atoms in total. The van der Waals surface area contributed by atoms with Crippen LogP contribution in [0.25, 0.3) is 5.69 Å². The van der Waals surface area contributed by atoms with Crippen LogP contribution in [0.5, 0.6) is 5.75 Å². The lowest BCUT2D eigenvalue weighted by molar-refractivity contribution is 0.209. The zero-order valence-corrected chi connectivity index (χ0v) is 19.5. The second-order valence-corrected chi connectivity index (χ2v) is 10.6. The van der Waals surface area contributed by atoms with Gasteiger partial charge in [-0.3, -0.25) is 4.79 Å². The van der Waals surface area contributed by atoms with E-state index in [-0.39, 0.29) is 11.9 Å². The van der Waals surface area contributed by atoms with Crippen molar-refractivity contribution in [3.8, 4) is 11.4 Å². The lowest BCUT2D eigenvalue weighted by Crippen LogP contribution is -2.49. The first-order valence-electron chi connectivity index (χ1n) is 11.1. The highest BCUT2D eigenvalue weighted by Crippen LogP contribution is 2.30. The summed E-state index contributed by atoms with van der Waals surface area (Å²) in [5, 5.41) is 4.29. The van der Waals surface area contributed by atoms with E-state index in [1.54, 1.807) is 12.3 Å². The molecule has 5 rings (SSSR count). The molecule has 178 valence electrons. The maximum atomic E-state index is 13.8. The topological polar surface area (TPSA) is 84.7 Å². The average Bonchev–Trinajstić information content (AvgIpc) is 3.22. The summed E-state index contributed by atoms with van der Waals surface area (Å²) in [6.07, 6.45) is 3.87. The maximum absolute atomic E-state index is 13.8. The van der Waals surface area contributed by atoms with Gasteiger partial charge in [0.2, 0.25) is 15.8 Å². The van der Waals surface area contributed by atoms with Crippen LogP contribution in [0.4, 0.5) is 10.1 Å². The average molecular weight is 485 g/mol. The molecule has 0 atom stereocenters. The number of rotatable bonds is 5. The fraction of sp³-hybridized carbons (Fsp3) is 0.333. The zero-order chi connectivity index (χ0) is 23.9. The van der Waals surface area contributed by atoms with Crippen LogP contribution in [0.2, 0.25) is 0 Å². The summed E-state index contributed by atoms with van der Waals surface area (Å²) in [7, 11) is -3.29. The van der Waals surface area contributed by atoms with Gasteiger partial charge in [-0.15, -0.1) is 0 Å². The Bertz CT molecular complexity index is 1360. The van der Waals surface area contributed by atoms with E-state index in [2.05, 4.69) is 17.2 Å². The molecule has 0 bridgehead atoms. The Balaban J connectivity index is 1.50. The Morgan fingerprint density at radius 1 is 1.00 bits per heavy atom.